The number of carbonyl (C=O) groups excluding carboxylic acids is 2. The summed E-state index contributed by atoms with van der Waals surface area (Å²) in [5, 5.41) is 3.80. The lowest BCUT2D eigenvalue weighted by molar-refractivity contribution is -0.133. The summed E-state index contributed by atoms with van der Waals surface area (Å²) in [6.45, 7) is 6.11. The molecule has 1 aromatic heterocycles. The van der Waals surface area contributed by atoms with E-state index in [2.05, 4.69) is 24.1 Å². The first-order chi connectivity index (χ1) is 9.88. The van der Waals surface area contributed by atoms with Crippen LogP contribution in [0.25, 0.3) is 0 Å². The van der Waals surface area contributed by atoms with Crippen LogP contribution in [0, 0.1) is 5.92 Å². The minimum Gasteiger partial charge on any atom is -0.382 e. The van der Waals surface area contributed by atoms with Gasteiger partial charge in [-0.3, -0.25) is 9.59 Å². The highest BCUT2D eigenvalue weighted by molar-refractivity contribution is 7.18. The average Bonchev–Trinajstić information content (AvgIpc) is 2.80. The number of thiazole rings is 1. The molecule has 8 heteroatoms. The van der Waals surface area contributed by atoms with Gasteiger partial charge in [0.15, 0.2) is 5.13 Å². The van der Waals surface area contributed by atoms with Crippen molar-refractivity contribution < 1.29 is 9.59 Å². The Morgan fingerprint density at radius 3 is 2.81 bits per heavy atom. The van der Waals surface area contributed by atoms with Crippen LogP contribution in [0.5, 0.6) is 0 Å². The Morgan fingerprint density at radius 2 is 2.19 bits per heavy atom. The molecule has 0 unspecified atom stereocenters. The van der Waals surface area contributed by atoms with Gasteiger partial charge in [-0.1, -0.05) is 25.2 Å². The zero-order chi connectivity index (χ0) is 15.6. The molecule has 0 aromatic carbocycles. The maximum absolute atomic E-state index is 12.4. The maximum Gasteiger partial charge on any atom is 0.268 e. The summed E-state index contributed by atoms with van der Waals surface area (Å²) >= 11 is 1.24. The highest BCUT2D eigenvalue weighted by Gasteiger charge is 2.28. The number of aromatic nitrogens is 1. The van der Waals surface area contributed by atoms with Gasteiger partial charge in [-0.05, 0) is 5.92 Å². The number of nitrogens with two attached hydrogens (primary N) is 1. The van der Waals surface area contributed by atoms with Gasteiger partial charge in [-0.15, -0.1) is 0 Å². The monoisotopic (exact) mass is 311 g/mol. The molecule has 3 N–H and O–H groups in total. The Hall–Kier alpha value is -1.83. The second kappa shape index (κ2) is 6.30. The van der Waals surface area contributed by atoms with Crippen LogP contribution in [0.3, 0.4) is 0 Å². The lowest BCUT2D eigenvalue weighted by atomic mass is 10.2. The lowest BCUT2D eigenvalue weighted by Crippen LogP contribution is -2.50. The fraction of sp³-hybridized carbons (Fsp3) is 0.615. The molecule has 0 spiro atoms. The van der Waals surface area contributed by atoms with Gasteiger partial charge in [0, 0.05) is 26.7 Å². The quantitative estimate of drug-likeness (QED) is 0.854. The number of hydrogen-bond donors (Lipinski definition) is 2. The van der Waals surface area contributed by atoms with E-state index < -0.39 is 0 Å². The van der Waals surface area contributed by atoms with E-state index >= 15 is 0 Å². The van der Waals surface area contributed by atoms with Crippen LogP contribution >= 0.6 is 11.3 Å². The van der Waals surface area contributed by atoms with Gasteiger partial charge in [0.25, 0.3) is 5.91 Å². The number of nitrogens with one attached hydrogen (secondary N) is 1. The largest absolute Gasteiger partial charge is 0.382 e. The standard InChI is InChI=1S/C13H21N5O2S/c1-8(2)6-15-13-16-11(14)10(21-13)12(20)18-5-4-17(3)9(19)7-18/h8H,4-7,14H2,1-3H3,(H,15,16). The number of amides is 2. The molecule has 7 nitrogen and oxygen atoms in total. The minimum atomic E-state index is -0.218. The molecule has 2 heterocycles. The molecule has 1 aliphatic heterocycles. The molecule has 1 fully saturated rings. The topological polar surface area (TPSA) is 91.6 Å². The summed E-state index contributed by atoms with van der Waals surface area (Å²) in [5.41, 5.74) is 5.83. The van der Waals surface area contributed by atoms with Gasteiger partial charge in [0.2, 0.25) is 5.91 Å². The van der Waals surface area contributed by atoms with Crippen molar-refractivity contribution in [2.45, 2.75) is 13.8 Å². The number of rotatable bonds is 4. The first kappa shape index (κ1) is 15.6. The fourth-order valence-electron chi connectivity index (χ4n) is 1.93. The summed E-state index contributed by atoms with van der Waals surface area (Å²) in [5.74, 6) is 0.423. The van der Waals surface area contributed by atoms with Crippen molar-refractivity contribution in [3.8, 4) is 0 Å². The molecule has 0 bridgehead atoms. The Balaban J connectivity index is 2.07. The normalized spacial score (nSPS) is 15.7. The number of nitrogens with zero attached hydrogens (tertiary/aromatic N) is 3. The highest BCUT2D eigenvalue weighted by atomic mass is 32.1. The Bertz CT molecular complexity index is 543. The van der Waals surface area contributed by atoms with Crippen molar-refractivity contribution in [2.24, 2.45) is 5.92 Å². The molecule has 21 heavy (non-hydrogen) atoms. The van der Waals surface area contributed by atoms with Gasteiger partial charge in [-0.25, -0.2) is 4.98 Å². The van der Waals surface area contributed by atoms with Gasteiger partial charge in [-0.2, -0.15) is 0 Å². The Labute approximate surface area is 128 Å². The maximum atomic E-state index is 12.4. The van der Waals surface area contributed by atoms with E-state index in [0.29, 0.717) is 29.0 Å². The third kappa shape index (κ3) is 3.63. The second-order valence-corrected chi connectivity index (χ2v) is 6.55. The van der Waals surface area contributed by atoms with Crippen LogP contribution in [0.4, 0.5) is 10.9 Å². The van der Waals surface area contributed by atoms with Gasteiger partial charge in [0.05, 0.1) is 0 Å². The Kier molecular flexibility index (Phi) is 4.66. The van der Waals surface area contributed by atoms with Gasteiger partial charge in [0.1, 0.15) is 17.2 Å². The van der Waals surface area contributed by atoms with Gasteiger partial charge < -0.3 is 20.9 Å². The molecule has 0 aliphatic carbocycles. The zero-order valence-corrected chi connectivity index (χ0v) is 13.4. The smallest absolute Gasteiger partial charge is 0.268 e. The third-order valence-electron chi connectivity index (χ3n) is 3.25. The number of carbonyl (C=O) groups is 2. The molecule has 116 valence electrons. The first-order valence-corrected chi connectivity index (χ1v) is 7.73. The number of nitrogen functional groups attached to an aromatic ring is 1. The van der Waals surface area contributed by atoms with Crippen molar-refractivity contribution in [3.05, 3.63) is 4.88 Å². The number of likely N-dealkylation sites (N-methyl/N-ethyl adjacent to an activating group) is 1. The molecule has 0 saturated carbocycles. The predicted octanol–water partition coefficient (Wildman–Crippen LogP) is 0.707. The number of piperazine rings is 1. The highest BCUT2D eigenvalue weighted by Crippen LogP contribution is 2.26. The van der Waals surface area contributed by atoms with Gasteiger partial charge >= 0.3 is 0 Å². The van der Waals surface area contributed by atoms with E-state index in [9.17, 15) is 9.59 Å². The molecule has 2 rings (SSSR count). The Morgan fingerprint density at radius 1 is 1.48 bits per heavy atom. The molecule has 0 radical (unpaired) electrons. The van der Waals surface area contributed by atoms with E-state index in [1.807, 2.05) is 0 Å². The zero-order valence-electron chi connectivity index (χ0n) is 12.5. The SMILES string of the molecule is CC(C)CNc1nc(N)c(C(=O)N2CCN(C)C(=O)C2)s1. The van der Waals surface area contributed by atoms with Crippen LogP contribution in [-0.2, 0) is 4.79 Å². The summed E-state index contributed by atoms with van der Waals surface area (Å²) in [7, 11) is 1.74. The van der Waals surface area contributed by atoms with Crippen LogP contribution in [0.2, 0.25) is 0 Å². The van der Waals surface area contributed by atoms with E-state index in [1.165, 1.54) is 16.2 Å². The van der Waals surface area contributed by atoms with Crippen molar-refractivity contribution in [1.29, 1.82) is 0 Å². The molecule has 1 aromatic rings. The van der Waals surface area contributed by atoms with E-state index in [4.69, 9.17) is 5.73 Å². The number of anilines is 2. The van der Waals surface area contributed by atoms with Crippen molar-refractivity contribution >= 4 is 34.1 Å². The molecular weight excluding hydrogens is 290 g/mol. The predicted molar refractivity (Wildman–Crippen MR) is 83.4 cm³/mol. The summed E-state index contributed by atoms with van der Waals surface area (Å²) < 4.78 is 0. The summed E-state index contributed by atoms with van der Waals surface area (Å²) in [6.07, 6.45) is 0. The molecule has 0 atom stereocenters. The van der Waals surface area contributed by atoms with Crippen LogP contribution in [0.15, 0.2) is 0 Å². The average molecular weight is 311 g/mol. The minimum absolute atomic E-state index is 0.0594. The second-order valence-electron chi connectivity index (χ2n) is 5.55. The van der Waals surface area contributed by atoms with Crippen LogP contribution < -0.4 is 11.1 Å². The first-order valence-electron chi connectivity index (χ1n) is 6.92. The summed E-state index contributed by atoms with van der Waals surface area (Å²) in [6, 6.07) is 0. The summed E-state index contributed by atoms with van der Waals surface area (Å²) in [4.78, 5) is 31.8. The molecule has 2 amide bonds. The van der Waals surface area contributed by atoms with Crippen LogP contribution in [0.1, 0.15) is 23.5 Å². The van der Waals surface area contributed by atoms with Crippen molar-refractivity contribution in [2.75, 3.05) is 44.3 Å². The molecule has 1 aliphatic rings. The number of hydrogen-bond acceptors (Lipinski definition) is 6. The van der Waals surface area contributed by atoms with Crippen molar-refractivity contribution in [3.63, 3.8) is 0 Å². The van der Waals surface area contributed by atoms with Crippen molar-refractivity contribution in [1.82, 2.24) is 14.8 Å². The molecular formula is C13H21N5O2S. The van der Waals surface area contributed by atoms with Crippen LogP contribution in [-0.4, -0.2) is 59.8 Å². The fourth-order valence-corrected chi connectivity index (χ4v) is 2.79. The lowest BCUT2D eigenvalue weighted by Gasteiger charge is -2.31. The van der Waals surface area contributed by atoms with E-state index in [-0.39, 0.29) is 24.2 Å². The third-order valence-corrected chi connectivity index (χ3v) is 4.27. The van der Waals surface area contributed by atoms with E-state index in [1.54, 1.807) is 11.9 Å². The van der Waals surface area contributed by atoms with E-state index in [0.717, 1.165) is 6.54 Å². The molecule has 1 saturated heterocycles.